The number of carbonyl (C=O) groups is 1. The van der Waals surface area contributed by atoms with Crippen molar-refractivity contribution >= 4 is 17.7 Å². The Morgan fingerprint density at radius 1 is 1.57 bits per heavy atom. The fraction of sp³-hybridized carbons (Fsp3) is 0.900. The molecule has 1 N–H and O–H groups in total. The van der Waals surface area contributed by atoms with Gasteiger partial charge in [0.05, 0.1) is 18.6 Å². The van der Waals surface area contributed by atoms with Crippen molar-refractivity contribution in [2.45, 2.75) is 38.5 Å². The number of carbonyl (C=O) groups excluding carboxylic acids is 1. The van der Waals surface area contributed by atoms with Crippen molar-refractivity contribution in [3.05, 3.63) is 0 Å². The second-order valence-electron chi connectivity index (χ2n) is 3.84. The molecular weight excluding hydrogens is 200 g/mol. The Bertz CT molecular complexity index is 188. The minimum Gasteiger partial charge on any atom is -0.469 e. The largest absolute Gasteiger partial charge is 0.469 e. The van der Waals surface area contributed by atoms with Crippen molar-refractivity contribution < 1.29 is 14.6 Å². The van der Waals surface area contributed by atoms with Crippen LogP contribution in [-0.2, 0) is 9.53 Å². The van der Waals surface area contributed by atoms with Crippen LogP contribution in [0.2, 0.25) is 0 Å². The summed E-state index contributed by atoms with van der Waals surface area (Å²) in [6, 6.07) is 0. The molecule has 0 bridgehead atoms. The Morgan fingerprint density at radius 2 is 2.07 bits per heavy atom. The van der Waals surface area contributed by atoms with E-state index in [1.165, 1.54) is 7.11 Å². The Balaban J connectivity index is 4.62. The van der Waals surface area contributed by atoms with E-state index in [9.17, 15) is 9.90 Å². The first-order chi connectivity index (χ1) is 6.41. The van der Waals surface area contributed by atoms with Crippen LogP contribution in [0.5, 0.6) is 0 Å². The normalized spacial score (nSPS) is 16.1. The lowest BCUT2D eigenvalue weighted by molar-refractivity contribution is -0.157. The van der Waals surface area contributed by atoms with Crippen LogP contribution in [0.15, 0.2) is 0 Å². The molecule has 14 heavy (non-hydrogen) atoms. The molecule has 0 rings (SSSR count). The Morgan fingerprint density at radius 3 is 2.36 bits per heavy atom. The van der Waals surface area contributed by atoms with Crippen molar-refractivity contribution in [1.82, 2.24) is 0 Å². The van der Waals surface area contributed by atoms with E-state index in [0.717, 1.165) is 6.42 Å². The van der Waals surface area contributed by atoms with Crippen molar-refractivity contribution in [2.24, 2.45) is 5.41 Å². The van der Waals surface area contributed by atoms with Gasteiger partial charge in [0.25, 0.3) is 0 Å². The molecule has 0 unspecified atom stereocenters. The van der Waals surface area contributed by atoms with Crippen molar-refractivity contribution in [1.29, 1.82) is 0 Å². The molecule has 0 radical (unpaired) electrons. The number of hydrogen-bond acceptors (Lipinski definition) is 4. The molecule has 3 nitrogen and oxygen atoms in total. The average molecular weight is 220 g/mol. The summed E-state index contributed by atoms with van der Waals surface area (Å²) in [5.41, 5.74) is -0.835. The molecule has 2 atom stereocenters. The summed E-state index contributed by atoms with van der Waals surface area (Å²) in [4.78, 5) is 11.4. The minimum absolute atomic E-state index is 0.0732. The molecule has 4 heteroatoms. The highest BCUT2D eigenvalue weighted by molar-refractivity contribution is 7.99. The van der Waals surface area contributed by atoms with Gasteiger partial charge >= 0.3 is 5.97 Å². The smallest absolute Gasteiger partial charge is 0.313 e. The summed E-state index contributed by atoms with van der Waals surface area (Å²) in [6.07, 6.45) is 2.10. The Kier molecular flexibility index (Phi) is 5.52. The molecule has 0 aliphatic carbocycles. The van der Waals surface area contributed by atoms with Gasteiger partial charge in [-0.3, -0.25) is 4.79 Å². The number of aliphatic hydroxyl groups is 1. The lowest BCUT2D eigenvalue weighted by Crippen LogP contribution is -2.43. The molecule has 0 spiro atoms. The van der Waals surface area contributed by atoms with E-state index < -0.39 is 11.5 Å². The topological polar surface area (TPSA) is 46.5 Å². The monoisotopic (exact) mass is 220 g/mol. The highest BCUT2D eigenvalue weighted by Crippen LogP contribution is 2.30. The summed E-state index contributed by atoms with van der Waals surface area (Å²) in [7, 11) is 1.34. The SMILES string of the molecule is CC[C@@H](SC)[C@@H](O)C(C)(C)C(=O)OC. The van der Waals surface area contributed by atoms with Crippen LogP contribution in [0.3, 0.4) is 0 Å². The predicted molar refractivity (Wildman–Crippen MR) is 59.4 cm³/mol. The number of hydrogen-bond donors (Lipinski definition) is 1. The fourth-order valence-corrected chi connectivity index (χ4v) is 2.30. The lowest BCUT2D eigenvalue weighted by atomic mass is 9.84. The number of ether oxygens (including phenoxy) is 1. The third-order valence-corrected chi connectivity index (χ3v) is 3.70. The van der Waals surface area contributed by atoms with Crippen LogP contribution in [0.4, 0.5) is 0 Å². The van der Waals surface area contributed by atoms with Gasteiger partial charge in [0, 0.05) is 5.25 Å². The lowest BCUT2D eigenvalue weighted by Gasteiger charge is -2.32. The van der Waals surface area contributed by atoms with Gasteiger partial charge in [-0.25, -0.2) is 0 Å². The molecule has 0 aliphatic heterocycles. The number of thioether (sulfide) groups is 1. The van der Waals surface area contributed by atoms with Gasteiger partial charge in [0.15, 0.2) is 0 Å². The molecule has 0 aliphatic rings. The highest BCUT2D eigenvalue weighted by Gasteiger charge is 2.40. The second-order valence-corrected chi connectivity index (χ2v) is 4.92. The molecule has 0 amide bonds. The standard InChI is InChI=1S/C10H20O3S/c1-6-7(14-5)8(11)10(2,3)9(12)13-4/h7-8,11H,6H2,1-5H3/t7-,8-/m1/s1. The first kappa shape index (κ1) is 13.8. The van der Waals surface area contributed by atoms with E-state index >= 15 is 0 Å². The molecule has 0 saturated carbocycles. The molecule has 0 aromatic heterocycles. The molecule has 84 valence electrons. The summed E-state index contributed by atoms with van der Waals surface area (Å²) in [5, 5.41) is 10.1. The first-order valence-electron chi connectivity index (χ1n) is 4.71. The third kappa shape index (κ3) is 2.89. The van der Waals surface area contributed by atoms with Crippen LogP contribution < -0.4 is 0 Å². The number of methoxy groups -OCH3 is 1. The summed E-state index contributed by atoms with van der Waals surface area (Å²) < 4.78 is 4.67. The number of rotatable bonds is 5. The molecule has 0 aromatic rings. The van der Waals surface area contributed by atoms with E-state index in [1.54, 1.807) is 25.6 Å². The van der Waals surface area contributed by atoms with Gasteiger partial charge in [0.1, 0.15) is 0 Å². The van der Waals surface area contributed by atoms with E-state index in [-0.39, 0.29) is 11.2 Å². The van der Waals surface area contributed by atoms with Crippen molar-refractivity contribution in [3.8, 4) is 0 Å². The number of aliphatic hydroxyl groups excluding tert-OH is 1. The number of esters is 1. The predicted octanol–water partition coefficient (Wildman–Crippen LogP) is 1.69. The Hall–Kier alpha value is -0.220. The maximum Gasteiger partial charge on any atom is 0.313 e. The van der Waals surface area contributed by atoms with Gasteiger partial charge in [-0.2, -0.15) is 11.8 Å². The third-order valence-electron chi connectivity index (χ3n) is 2.51. The van der Waals surface area contributed by atoms with E-state index in [0.29, 0.717) is 0 Å². The Labute approximate surface area is 90.2 Å². The first-order valence-corrected chi connectivity index (χ1v) is 5.99. The van der Waals surface area contributed by atoms with Crippen LogP contribution in [0.1, 0.15) is 27.2 Å². The maximum absolute atomic E-state index is 11.4. The van der Waals surface area contributed by atoms with Crippen molar-refractivity contribution in [2.75, 3.05) is 13.4 Å². The highest BCUT2D eigenvalue weighted by atomic mass is 32.2. The van der Waals surface area contributed by atoms with Gasteiger partial charge < -0.3 is 9.84 Å². The zero-order valence-corrected chi connectivity index (χ0v) is 10.4. The van der Waals surface area contributed by atoms with Gasteiger partial charge in [-0.1, -0.05) is 6.92 Å². The second kappa shape index (κ2) is 5.61. The van der Waals surface area contributed by atoms with Gasteiger partial charge in [-0.15, -0.1) is 0 Å². The molecule has 0 aromatic carbocycles. The van der Waals surface area contributed by atoms with Crippen LogP contribution in [-0.4, -0.2) is 35.8 Å². The van der Waals surface area contributed by atoms with Gasteiger partial charge in [-0.05, 0) is 26.5 Å². The van der Waals surface area contributed by atoms with Crippen LogP contribution in [0, 0.1) is 5.41 Å². The van der Waals surface area contributed by atoms with Gasteiger partial charge in [0.2, 0.25) is 0 Å². The average Bonchev–Trinajstić information content (AvgIpc) is 2.18. The molecular formula is C10H20O3S. The van der Waals surface area contributed by atoms with E-state index in [4.69, 9.17) is 0 Å². The molecule has 0 saturated heterocycles. The summed E-state index contributed by atoms with van der Waals surface area (Å²) >= 11 is 1.58. The minimum atomic E-state index is -0.835. The van der Waals surface area contributed by atoms with E-state index in [2.05, 4.69) is 4.74 Å². The summed E-state index contributed by atoms with van der Waals surface area (Å²) in [6.45, 7) is 5.42. The zero-order chi connectivity index (χ0) is 11.4. The maximum atomic E-state index is 11.4. The van der Waals surface area contributed by atoms with E-state index in [1.807, 2.05) is 13.2 Å². The van der Waals surface area contributed by atoms with Crippen LogP contribution >= 0.6 is 11.8 Å². The fourth-order valence-electron chi connectivity index (χ4n) is 1.37. The summed E-state index contributed by atoms with van der Waals surface area (Å²) in [5.74, 6) is -0.363. The molecule has 0 heterocycles. The van der Waals surface area contributed by atoms with Crippen molar-refractivity contribution in [3.63, 3.8) is 0 Å². The zero-order valence-electron chi connectivity index (χ0n) is 9.53. The quantitative estimate of drug-likeness (QED) is 0.716. The van der Waals surface area contributed by atoms with Crippen LogP contribution in [0.25, 0.3) is 0 Å². The molecule has 0 fully saturated rings.